The van der Waals surface area contributed by atoms with Crippen LogP contribution in [-0.2, 0) is 9.31 Å². The Labute approximate surface area is 126 Å². The molecular formula is C15H21BClNO2. The smallest absolute Gasteiger partial charge is 0.399 e. The van der Waals surface area contributed by atoms with E-state index in [1.165, 1.54) is 0 Å². The van der Waals surface area contributed by atoms with Gasteiger partial charge in [-0.2, -0.15) is 0 Å². The molecule has 2 heterocycles. The van der Waals surface area contributed by atoms with Crippen molar-refractivity contribution in [2.45, 2.75) is 45.3 Å². The van der Waals surface area contributed by atoms with Gasteiger partial charge in [0, 0.05) is 23.7 Å². The van der Waals surface area contributed by atoms with E-state index in [1.807, 2.05) is 52.1 Å². The van der Waals surface area contributed by atoms with Gasteiger partial charge < -0.3 is 9.31 Å². The van der Waals surface area contributed by atoms with Gasteiger partial charge in [0.1, 0.15) is 0 Å². The van der Waals surface area contributed by atoms with Gasteiger partial charge in [-0.25, -0.2) is 0 Å². The van der Waals surface area contributed by atoms with Crippen LogP contribution in [0.5, 0.6) is 0 Å². The molecule has 20 heavy (non-hydrogen) atoms. The van der Waals surface area contributed by atoms with Crippen LogP contribution < -0.4 is 5.46 Å². The van der Waals surface area contributed by atoms with E-state index < -0.39 is 0 Å². The lowest BCUT2D eigenvalue weighted by molar-refractivity contribution is 0.00578. The summed E-state index contributed by atoms with van der Waals surface area (Å²) in [7, 11) is -0.367. The Morgan fingerprint density at radius 3 is 2.45 bits per heavy atom. The van der Waals surface area contributed by atoms with E-state index in [1.54, 1.807) is 6.20 Å². The predicted octanol–water partition coefficient (Wildman–Crippen LogP) is 3.02. The summed E-state index contributed by atoms with van der Waals surface area (Å²) in [5, 5.41) is 0. The molecule has 1 aliphatic rings. The summed E-state index contributed by atoms with van der Waals surface area (Å²) >= 11 is 5.66. The van der Waals surface area contributed by atoms with E-state index in [2.05, 4.69) is 4.98 Å². The van der Waals surface area contributed by atoms with Crippen LogP contribution in [0.15, 0.2) is 24.5 Å². The lowest BCUT2D eigenvalue weighted by Crippen LogP contribution is -2.41. The Balaban J connectivity index is 2.17. The molecule has 0 atom stereocenters. The average molecular weight is 294 g/mol. The zero-order valence-corrected chi connectivity index (χ0v) is 13.3. The number of hydrogen-bond acceptors (Lipinski definition) is 3. The van der Waals surface area contributed by atoms with Crippen LogP contribution in [-0.4, -0.2) is 29.2 Å². The highest BCUT2D eigenvalue weighted by atomic mass is 35.5. The topological polar surface area (TPSA) is 31.4 Å². The van der Waals surface area contributed by atoms with Gasteiger partial charge in [0.2, 0.25) is 0 Å². The monoisotopic (exact) mass is 293 g/mol. The molecule has 0 aliphatic carbocycles. The van der Waals surface area contributed by atoms with E-state index in [4.69, 9.17) is 20.9 Å². The summed E-state index contributed by atoms with van der Waals surface area (Å²) in [5.74, 6) is 0.626. The van der Waals surface area contributed by atoms with Crippen molar-refractivity contribution in [3.05, 3.63) is 30.1 Å². The summed E-state index contributed by atoms with van der Waals surface area (Å²) in [4.78, 5) is 4.26. The van der Waals surface area contributed by atoms with Crippen molar-refractivity contribution in [2.75, 3.05) is 5.88 Å². The quantitative estimate of drug-likeness (QED) is 0.632. The van der Waals surface area contributed by atoms with Crippen LogP contribution in [0, 0.1) is 0 Å². The van der Waals surface area contributed by atoms with Crippen molar-refractivity contribution in [2.24, 2.45) is 0 Å². The maximum Gasteiger partial charge on any atom is 0.496 e. The number of aromatic nitrogens is 1. The first kappa shape index (κ1) is 15.6. The molecule has 0 N–H and O–H groups in total. The highest BCUT2D eigenvalue weighted by Crippen LogP contribution is 2.36. The average Bonchev–Trinajstić information content (AvgIpc) is 2.59. The summed E-state index contributed by atoms with van der Waals surface area (Å²) in [6.45, 7) is 8.19. The van der Waals surface area contributed by atoms with Crippen molar-refractivity contribution in [3.8, 4) is 0 Å². The third-order valence-corrected chi connectivity index (χ3v) is 4.11. The minimum absolute atomic E-state index is 0.331. The van der Waals surface area contributed by atoms with Gasteiger partial charge in [-0.05, 0) is 39.7 Å². The first-order valence-electron chi connectivity index (χ1n) is 6.89. The molecule has 1 aliphatic heterocycles. The maximum absolute atomic E-state index is 6.02. The zero-order valence-electron chi connectivity index (χ0n) is 12.5. The van der Waals surface area contributed by atoms with Gasteiger partial charge in [0.05, 0.1) is 11.2 Å². The predicted molar refractivity (Wildman–Crippen MR) is 84.3 cm³/mol. The summed E-state index contributed by atoms with van der Waals surface area (Å²) in [6, 6.07) is 2.04. The van der Waals surface area contributed by atoms with Gasteiger partial charge >= 0.3 is 7.12 Å². The lowest BCUT2D eigenvalue weighted by Gasteiger charge is -2.32. The largest absolute Gasteiger partial charge is 0.496 e. The van der Waals surface area contributed by atoms with Crippen molar-refractivity contribution in [1.29, 1.82) is 0 Å². The number of hydrogen-bond donors (Lipinski definition) is 0. The minimum atomic E-state index is -0.367. The summed E-state index contributed by atoms with van der Waals surface area (Å²) < 4.78 is 12.0. The third kappa shape index (κ3) is 3.25. The van der Waals surface area contributed by atoms with Gasteiger partial charge in [-0.3, -0.25) is 4.98 Å². The van der Waals surface area contributed by atoms with E-state index in [0.29, 0.717) is 5.88 Å². The summed E-state index contributed by atoms with van der Waals surface area (Å²) in [5.41, 5.74) is 1.31. The second kappa shape index (κ2) is 5.88. The van der Waals surface area contributed by atoms with E-state index in [0.717, 1.165) is 17.4 Å². The van der Waals surface area contributed by atoms with Gasteiger partial charge in [-0.1, -0.05) is 18.2 Å². The molecule has 0 amide bonds. The second-order valence-corrected chi connectivity index (χ2v) is 6.40. The Hall–Kier alpha value is -0.835. The SMILES string of the molecule is CC1(C)OB(c2cncc(C=CCCCl)c2)OC1(C)C. The molecule has 3 nitrogen and oxygen atoms in total. The van der Waals surface area contributed by atoms with E-state index in [-0.39, 0.29) is 18.3 Å². The van der Waals surface area contributed by atoms with E-state index in [9.17, 15) is 0 Å². The van der Waals surface area contributed by atoms with Crippen molar-refractivity contribution >= 4 is 30.3 Å². The maximum atomic E-state index is 6.02. The number of allylic oxidation sites excluding steroid dienone is 1. The molecule has 0 aromatic carbocycles. The molecule has 1 aromatic rings. The molecule has 1 aromatic heterocycles. The zero-order chi connectivity index (χ0) is 14.8. The Morgan fingerprint density at radius 1 is 1.20 bits per heavy atom. The van der Waals surface area contributed by atoms with Crippen LogP contribution in [0.2, 0.25) is 0 Å². The van der Waals surface area contributed by atoms with Crippen LogP contribution in [0.3, 0.4) is 0 Å². The number of nitrogens with zero attached hydrogens (tertiary/aromatic N) is 1. The fraction of sp³-hybridized carbons (Fsp3) is 0.533. The van der Waals surface area contributed by atoms with Gasteiger partial charge in [0.25, 0.3) is 0 Å². The Kier molecular flexibility index (Phi) is 4.57. The van der Waals surface area contributed by atoms with Crippen LogP contribution in [0.4, 0.5) is 0 Å². The number of halogens is 1. The molecule has 0 bridgehead atoms. The fourth-order valence-corrected chi connectivity index (χ4v) is 2.08. The van der Waals surface area contributed by atoms with E-state index >= 15 is 0 Å². The molecule has 0 radical (unpaired) electrons. The number of pyridine rings is 1. The van der Waals surface area contributed by atoms with Crippen molar-refractivity contribution in [1.82, 2.24) is 4.98 Å². The highest BCUT2D eigenvalue weighted by molar-refractivity contribution is 6.62. The molecule has 1 saturated heterocycles. The number of alkyl halides is 1. The Morgan fingerprint density at radius 2 is 1.85 bits per heavy atom. The van der Waals surface area contributed by atoms with Crippen molar-refractivity contribution in [3.63, 3.8) is 0 Å². The van der Waals surface area contributed by atoms with Crippen LogP contribution in [0.25, 0.3) is 6.08 Å². The van der Waals surface area contributed by atoms with Crippen molar-refractivity contribution < 1.29 is 9.31 Å². The number of rotatable bonds is 4. The molecule has 0 spiro atoms. The molecular weight excluding hydrogens is 272 g/mol. The van der Waals surface area contributed by atoms with Crippen LogP contribution >= 0.6 is 11.6 Å². The summed E-state index contributed by atoms with van der Waals surface area (Å²) in [6.07, 6.45) is 8.52. The first-order chi connectivity index (χ1) is 9.36. The molecule has 0 saturated carbocycles. The lowest BCUT2D eigenvalue weighted by atomic mass is 9.80. The molecule has 2 rings (SSSR count). The normalized spacial score (nSPS) is 20.8. The molecule has 0 unspecified atom stereocenters. The fourth-order valence-electron chi connectivity index (χ4n) is 1.96. The van der Waals surface area contributed by atoms with Gasteiger partial charge in [-0.15, -0.1) is 11.6 Å². The second-order valence-electron chi connectivity index (χ2n) is 6.02. The molecule has 1 fully saturated rings. The standard InChI is InChI=1S/C15H21BClNO2/c1-14(2)15(3,4)20-16(19-14)13-9-12(10-18-11-13)7-5-6-8-17/h5,7,9-11H,6,8H2,1-4H3. The van der Waals surface area contributed by atoms with Crippen LogP contribution in [0.1, 0.15) is 39.7 Å². The minimum Gasteiger partial charge on any atom is -0.399 e. The molecule has 5 heteroatoms. The van der Waals surface area contributed by atoms with Gasteiger partial charge in [0.15, 0.2) is 0 Å². The molecule has 108 valence electrons. The first-order valence-corrected chi connectivity index (χ1v) is 7.42. The Bertz CT molecular complexity index is 486. The third-order valence-electron chi connectivity index (χ3n) is 3.89. The highest BCUT2D eigenvalue weighted by Gasteiger charge is 2.51.